The van der Waals surface area contributed by atoms with E-state index in [-0.39, 0.29) is 24.6 Å². The van der Waals surface area contributed by atoms with Crippen molar-refractivity contribution in [2.45, 2.75) is 71.8 Å². The van der Waals surface area contributed by atoms with Crippen molar-refractivity contribution in [2.75, 3.05) is 6.61 Å². The van der Waals surface area contributed by atoms with Gasteiger partial charge in [-0.05, 0) is 32.4 Å². The molecule has 24 heavy (non-hydrogen) atoms. The van der Waals surface area contributed by atoms with Gasteiger partial charge in [-0.15, -0.1) is 0 Å². The first kappa shape index (κ1) is 20.4. The van der Waals surface area contributed by atoms with Gasteiger partial charge in [0, 0.05) is 18.0 Å². The maximum absolute atomic E-state index is 12.3. The molecule has 0 aromatic heterocycles. The molecule has 0 saturated carbocycles. The number of aryl methyl sites for hydroxylation is 2. The number of Topliss-reactive ketones (excluding diaryl/α,β-unsaturated/α-hetero) is 1. The first-order chi connectivity index (χ1) is 11.4. The molecule has 0 spiro atoms. The van der Waals surface area contributed by atoms with Crippen LogP contribution in [0.1, 0.15) is 73.4 Å². The van der Waals surface area contributed by atoms with E-state index in [0.29, 0.717) is 12.2 Å². The predicted octanol–water partition coefficient (Wildman–Crippen LogP) is 4.11. The molecule has 134 valence electrons. The molecule has 1 atom stereocenters. The van der Waals surface area contributed by atoms with E-state index in [1.165, 1.54) is 19.3 Å². The van der Waals surface area contributed by atoms with Gasteiger partial charge in [-0.2, -0.15) is 0 Å². The summed E-state index contributed by atoms with van der Waals surface area (Å²) in [4.78, 5) is 24.0. The third-order valence-corrected chi connectivity index (χ3v) is 3.93. The standard InChI is InChI=1S/C20H31NO3/c1-4-5-6-7-8-9-24-20(23)14-18(21)13-19(22)17-11-15(2)10-16(3)12-17/h10-12,18H,4-9,13-14,21H2,1-3H3. The number of unbranched alkanes of at least 4 members (excludes halogenated alkanes) is 4. The molecule has 0 aliphatic heterocycles. The summed E-state index contributed by atoms with van der Waals surface area (Å²) in [6.07, 6.45) is 5.82. The van der Waals surface area contributed by atoms with Gasteiger partial charge < -0.3 is 10.5 Å². The lowest BCUT2D eigenvalue weighted by molar-refractivity contribution is -0.144. The largest absolute Gasteiger partial charge is 0.466 e. The summed E-state index contributed by atoms with van der Waals surface area (Å²) in [5, 5.41) is 0. The zero-order chi connectivity index (χ0) is 17.9. The van der Waals surface area contributed by atoms with E-state index in [1.54, 1.807) is 0 Å². The number of carbonyl (C=O) groups is 2. The maximum Gasteiger partial charge on any atom is 0.307 e. The van der Waals surface area contributed by atoms with Gasteiger partial charge in [0.1, 0.15) is 0 Å². The van der Waals surface area contributed by atoms with Crippen molar-refractivity contribution in [2.24, 2.45) is 5.73 Å². The monoisotopic (exact) mass is 333 g/mol. The van der Waals surface area contributed by atoms with Crippen molar-refractivity contribution in [3.63, 3.8) is 0 Å². The molecule has 4 heteroatoms. The van der Waals surface area contributed by atoms with Gasteiger partial charge in [0.15, 0.2) is 5.78 Å². The average molecular weight is 333 g/mol. The molecule has 0 fully saturated rings. The first-order valence-corrected chi connectivity index (χ1v) is 8.95. The van der Waals surface area contributed by atoms with Crippen LogP contribution in [0.2, 0.25) is 0 Å². The highest BCUT2D eigenvalue weighted by molar-refractivity contribution is 5.97. The van der Waals surface area contributed by atoms with Crippen LogP contribution in [0.25, 0.3) is 0 Å². The minimum Gasteiger partial charge on any atom is -0.466 e. The van der Waals surface area contributed by atoms with E-state index in [1.807, 2.05) is 32.0 Å². The zero-order valence-electron chi connectivity index (χ0n) is 15.3. The first-order valence-electron chi connectivity index (χ1n) is 8.95. The van der Waals surface area contributed by atoms with Gasteiger partial charge in [-0.3, -0.25) is 9.59 Å². The highest BCUT2D eigenvalue weighted by atomic mass is 16.5. The molecule has 0 aliphatic rings. The molecule has 0 heterocycles. The van der Waals surface area contributed by atoms with Crippen LogP contribution in [0.15, 0.2) is 18.2 Å². The Morgan fingerprint density at radius 1 is 1.00 bits per heavy atom. The van der Waals surface area contributed by atoms with Crippen molar-refractivity contribution in [1.82, 2.24) is 0 Å². The predicted molar refractivity (Wildman–Crippen MR) is 97.2 cm³/mol. The lowest BCUT2D eigenvalue weighted by atomic mass is 9.99. The summed E-state index contributed by atoms with van der Waals surface area (Å²) in [6, 6.07) is 5.24. The van der Waals surface area contributed by atoms with Gasteiger partial charge in [0.25, 0.3) is 0 Å². The molecular formula is C20H31NO3. The molecule has 0 amide bonds. The fourth-order valence-corrected chi connectivity index (χ4v) is 2.73. The van der Waals surface area contributed by atoms with Crippen LogP contribution in [0.4, 0.5) is 0 Å². The van der Waals surface area contributed by atoms with Crippen LogP contribution in [0.3, 0.4) is 0 Å². The number of hydrogen-bond donors (Lipinski definition) is 1. The van der Waals surface area contributed by atoms with Gasteiger partial charge in [0.05, 0.1) is 13.0 Å². The van der Waals surface area contributed by atoms with Crippen LogP contribution < -0.4 is 5.73 Å². The normalized spacial score (nSPS) is 12.0. The molecule has 1 unspecified atom stereocenters. The summed E-state index contributed by atoms with van der Waals surface area (Å²) in [6.45, 7) is 6.53. The van der Waals surface area contributed by atoms with Crippen molar-refractivity contribution in [3.8, 4) is 0 Å². The smallest absolute Gasteiger partial charge is 0.307 e. The van der Waals surface area contributed by atoms with Crippen molar-refractivity contribution >= 4 is 11.8 Å². The summed E-state index contributed by atoms with van der Waals surface area (Å²) < 4.78 is 5.19. The Kier molecular flexibility index (Phi) is 9.31. The fourth-order valence-electron chi connectivity index (χ4n) is 2.73. The second-order valence-electron chi connectivity index (χ2n) is 6.60. The molecule has 1 aromatic carbocycles. The second-order valence-corrected chi connectivity index (χ2v) is 6.60. The highest BCUT2D eigenvalue weighted by Crippen LogP contribution is 2.13. The minimum atomic E-state index is -0.495. The number of rotatable bonds is 11. The summed E-state index contributed by atoms with van der Waals surface area (Å²) in [5.74, 6) is -0.340. The summed E-state index contributed by atoms with van der Waals surface area (Å²) in [7, 11) is 0. The van der Waals surface area contributed by atoms with Crippen molar-refractivity contribution < 1.29 is 14.3 Å². The molecule has 4 nitrogen and oxygen atoms in total. The average Bonchev–Trinajstić information content (AvgIpc) is 2.49. The lowest BCUT2D eigenvalue weighted by Gasteiger charge is -2.11. The summed E-state index contributed by atoms with van der Waals surface area (Å²) in [5.41, 5.74) is 8.70. The Labute approximate surface area is 145 Å². The second kappa shape index (κ2) is 11.0. The van der Waals surface area contributed by atoms with Crippen LogP contribution >= 0.6 is 0 Å². The number of hydrogen-bond acceptors (Lipinski definition) is 4. The van der Waals surface area contributed by atoms with Gasteiger partial charge in [-0.25, -0.2) is 0 Å². The topological polar surface area (TPSA) is 69.4 Å². The molecular weight excluding hydrogens is 302 g/mol. The Hall–Kier alpha value is -1.68. The van der Waals surface area contributed by atoms with Crippen LogP contribution in [0.5, 0.6) is 0 Å². The van der Waals surface area contributed by atoms with E-state index in [2.05, 4.69) is 6.92 Å². The maximum atomic E-state index is 12.3. The van der Waals surface area contributed by atoms with E-state index < -0.39 is 6.04 Å². The molecule has 0 radical (unpaired) electrons. The van der Waals surface area contributed by atoms with Gasteiger partial charge >= 0.3 is 5.97 Å². The zero-order valence-corrected chi connectivity index (χ0v) is 15.3. The van der Waals surface area contributed by atoms with E-state index in [0.717, 1.165) is 24.0 Å². The third-order valence-electron chi connectivity index (χ3n) is 3.93. The van der Waals surface area contributed by atoms with Crippen molar-refractivity contribution in [1.29, 1.82) is 0 Å². The SMILES string of the molecule is CCCCCCCOC(=O)CC(N)CC(=O)c1cc(C)cc(C)c1. The van der Waals surface area contributed by atoms with E-state index in [4.69, 9.17) is 10.5 Å². The Morgan fingerprint density at radius 2 is 1.62 bits per heavy atom. The lowest BCUT2D eigenvalue weighted by Crippen LogP contribution is -2.28. The van der Waals surface area contributed by atoms with Crippen LogP contribution in [-0.4, -0.2) is 24.4 Å². The fraction of sp³-hybridized carbons (Fsp3) is 0.600. The Bertz CT molecular complexity index is 519. The number of benzene rings is 1. The Balaban J connectivity index is 2.30. The number of nitrogens with two attached hydrogens (primary N) is 1. The minimum absolute atomic E-state index is 0.0262. The van der Waals surface area contributed by atoms with Crippen LogP contribution in [0, 0.1) is 13.8 Å². The number of ether oxygens (including phenoxy) is 1. The molecule has 1 aromatic rings. The summed E-state index contributed by atoms with van der Waals surface area (Å²) >= 11 is 0. The molecule has 1 rings (SSSR count). The number of carbonyl (C=O) groups excluding carboxylic acids is 2. The Morgan fingerprint density at radius 3 is 2.25 bits per heavy atom. The van der Waals surface area contributed by atoms with Crippen LogP contribution in [-0.2, 0) is 9.53 Å². The molecule has 0 bridgehead atoms. The molecule has 0 saturated heterocycles. The number of ketones is 1. The van der Waals surface area contributed by atoms with Gasteiger partial charge in [0.2, 0.25) is 0 Å². The van der Waals surface area contributed by atoms with E-state index >= 15 is 0 Å². The third kappa shape index (κ3) is 8.25. The van der Waals surface area contributed by atoms with Gasteiger partial charge in [-0.1, -0.05) is 49.8 Å². The van der Waals surface area contributed by atoms with E-state index in [9.17, 15) is 9.59 Å². The van der Waals surface area contributed by atoms with Crippen molar-refractivity contribution in [3.05, 3.63) is 34.9 Å². The quantitative estimate of drug-likeness (QED) is 0.376. The number of esters is 1. The highest BCUT2D eigenvalue weighted by Gasteiger charge is 2.16. The molecule has 2 N–H and O–H groups in total. The molecule has 0 aliphatic carbocycles.